The van der Waals surface area contributed by atoms with Crippen LogP contribution >= 0.6 is 0 Å². The molecule has 3 rings (SSSR count). The highest BCUT2D eigenvalue weighted by Crippen LogP contribution is 2.31. The van der Waals surface area contributed by atoms with Gasteiger partial charge in [0.15, 0.2) is 5.82 Å². The Hall–Kier alpha value is -1.99. The molecule has 1 aliphatic rings. The second-order valence-electron chi connectivity index (χ2n) is 7.45. The van der Waals surface area contributed by atoms with Crippen LogP contribution in [-0.4, -0.2) is 68.3 Å². The van der Waals surface area contributed by atoms with Gasteiger partial charge >= 0.3 is 0 Å². The average molecular weight is 330 g/mol. The Bertz CT molecular complexity index is 667. The van der Waals surface area contributed by atoms with Crippen LogP contribution in [0.15, 0.2) is 24.3 Å². The lowest BCUT2D eigenvalue weighted by atomic mass is 10.0. The van der Waals surface area contributed by atoms with Gasteiger partial charge in [-0.05, 0) is 55.9 Å². The Morgan fingerprint density at radius 2 is 1.67 bits per heavy atom. The normalized spacial score (nSPS) is 18.7. The van der Waals surface area contributed by atoms with Crippen molar-refractivity contribution >= 4 is 0 Å². The summed E-state index contributed by atoms with van der Waals surface area (Å²) >= 11 is 0. The molecule has 0 unspecified atom stereocenters. The number of aromatic nitrogens is 4. The zero-order chi connectivity index (χ0) is 17.3. The van der Waals surface area contributed by atoms with Crippen molar-refractivity contribution in [2.24, 2.45) is 0 Å². The van der Waals surface area contributed by atoms with Gasteiger partial charge in [0, 0.05) is 26.2 Å². The molecule has 2 heterocycles. The minimum Gasteiger partial charge on any atom is -0.508 e. The summed E-state index contributed by atoms with van der Waals surface area (Å²) in [6.07, 6.45) is 0. The molecular weight excluding hydrogens is 304 g/mol. The van der Waals surface area contributed by atoms with E-state index in [1.165, 1.54) is 0 Å². The number of hydrogen-bond donors (Lipinski definition) is 1. The average Bonchev–Trinajstić information content (AvgIpc) is 3.01. The third-order valence-electron chi connectivity index (χ3n) is 4.49. The lowest BCUT2D eigenvalue weighted by Gasteiger charge is -2.38. The Morgan fingerprint density at radius 3 is 2.25 bits per heavy atom. The van der Waals surface area contributed by atoms with Crippen molar-refractivity contribution in [3.63, 3.8) is 0 Å². The molecule has 1 N–H and O–H groups in total. The van der Waals surface area contributed by atoms with E-state index in [2.05, 4.69) is 53.1 Å². The van der Waals surface area contributed by atoms with Crippen molar-refractivity contribution in [3.05, 3.63) is 35.7 Å². The Balaban J connectivity index is 2.02. The number of nitrogens with zero attached hydrogens (tertiary/aromatic N) is 6. The smallest absolute Gasteiger partial charge is 0.173 e. The molecule has 1 aliphatic heterocycles. The van der Waals surface area contributed by atoms with Crippen molar-refractivity contribution in [2.75, 3.05) is 33.2 Å². The Kier molecular flexibility index (Phi) is 4.56. The van der Waals surface area contributed by atoms with Crippen molar-refractivity contribution in [2.45, 2.75) is 32.4 Å². The number of tetrazole rings is 1. The van der Waals surface area contributed by atoms with Gasteiger partial charge in [0.1, 0.15) is 5.75 Å². The summed E-state index contributed by atoms with van der Waals surface area (Å²) in [5, 5.41) is 22.2. The summed E-state index contributed by atoms with van der Waals surface area (Å²) in [5.74, 6) is 1.11. The summed E-state index contributed by atoms with van der Waals surface area (Å²) in [7, 11) is 2.14. The number of piperazine rings is 1. The molecule has 0 bridgehead atoms. The molecule has 7 heteroatoms. The quantitative estimate of drug-likeness (QED) is 0.919. The summed E-state index contributed by atoms with van der Waals surface area (Å²) in [5.41, 5.74) is 0.901. The molecule has 24 heavy (non-hydrogen) atoms. The first-order valence-electron chi connectivity index (χ1n) is 8.36. The molecule has 0 saturated carbocycles. The highest BCUT2D eigenvalue weighted by molar-refractivity contribution is 5.31. The third-order valence-corrected chi connectivity index (χ3v) is 4.49. The molecule has 1 aromatic carbocycles. The number of hydrogen-bond acceptors (Lipinski definition) is 6. The zero-order valence-corrected chi connectivity index (χ0v) is 14.8. The van der Waals surface area contributed by atoms with Gasteiger partial charge < -0.3 is 10.0 Å². The van der Waals surface area contributed by atoms with E-state index in [1.54, 1.807) is 12.1 Å². The highest BCUT2D eigenvalue weighted by atomic mass is 16.3. The number of phenols is 1. The summed E-state index contributed by atoms with van der Waals surface area (Å²) in [6, 6.07) is 7.35. The van der Waals surface area contributed by atoms with Crippen LogP contribution in [0, 0.1) is 0 Å². The molecule has 1 aromatic heterocycles. The molecule has 1 saturated heterocycles. The predicted octanol–water partition coefficient (Wildman–Crippen LogP) is 1.47. The largest absolute Gasteiger partial charge is 0.508 e. The van der Waals surface area contributed by atoms with Gasteiger partial charge in [-0.15, -0.1) is 5.10 Å². The molecule has 1 atom stereocenters. The number of rotatable bonds is 3. The second kappa shape index (κ2) is 6.49. The van der Waals surface area contributed by atoms with E-state index >= 15 is 0 Å². The Morgan fingerprint density at radius 1 is 1.04 bits per heavy atom. The van der Waals surface area contributed by atoms with Crippen LogP contribution in [0.2, 0.25) is 0 Å². The van der Waals surface area contributed by atoms with Gasteiger partial charge in [-0.3, -0.25) is 4.90 Å². The monoisotopic (exact) mass is 330 g/mol. The number of aromatic hydroxyl groups is 1. The highest BCUT2D eigenvalue weighted by Gasteiger charge is 2.32. The fourth-order valence-corrected chi connectivity index (χ4v) is 3.10. The van der Waals surface area contributed by atoms with E-state index in [0.29, 0.717) is 0 Å². The van der Waals surface area contributed by atoms with Gasteiger partial charge in [-0.25, -0.2) is 4.68 Å². The SMILES string of the molecule is CN1CCN([C@H](c2ccc(O)cc2)c2nnnn2C(C)(C)C)CC1. The van der Waals surface area contributed by atoms with Gasteiger partial charge in [0.05, 0.1) is 11.6 Å². The molecule has 1 fully saturated rings. The fourth-order valence-electron chi connectivity index (χ4n) is 3.10. The Labute approximate surface area is 142 Å². The van der Waals surface area contributed by atoms with Crippen LogP contribution < -0.4 is 0 Å². The van der Waals surface area contributed by atoms with Crippen LogP contribution in [0.4, 0.5) is 0 Å². The molecule has 130 valence electrons. The molecular formula is C17H26N6O. The van der Waals surface area contributed by atoms with Crippen LogP contribution in [-0.2, 0) is 5.54 Å². The maximum Gasteiger partial charge on any atom is 0.173 e. The second-order valence-corrected chi connectivity index (χ2v) is 7.45. The first-order valence-corrected chi connectivity index (χ1v) is 8.36. The van der Waals surface area contributed by atoms with Gasteiger partial charge in [-0.2, -0.15) is 0 Å². The topological polar surface area (TPSA) is 70.3 Å². The van der Waals surface area contributed by atoms with E-state index in [-0.39, 0.29) is 17.3 Å². The van der Waals surface area contributed by atoms with Gasteiger partial charge in [0.25, 0.3) is 0 Å². The molecule has 0 radical (unpaired) electrons. The van der Waals surface area contributed by atoms with Crippen molar-refractivity contribution < 1.29 is 5.11 Å². The van der Waals surface area contributed by atoms with Crippen molar-refractivity contribution in [1.82, 2.24) is 30.0 Å². The lowest BCUT2D eigenvalue weighted by Crippen LogP contribution is -2.47. The van der Waals surface area contributed by atoms with Gasteiger partial charge in [-0.1, -0.05) is 12.1 Å². The van der Waals surface area contributed by atoms with Gasteiger partial charge in [0.2, 0.25) is 0 Å². The lowest BCUT2D eigenvalue weighted by molar-refractivity contribution is 0.118. The van der Waals surface area contributed by atoms with E-state index < -0.39 is 0 Å². The fraction of sp³-hybridized carbons (Fsp3) is 0.588. The maximum absolute atomic E-state index is 9.63. The number of likely N-dealkylation sites (N-methyl/N-ethyl adjacent to an activating group) is 1. The minimum absolute atomic E-state index is 0.0199. The third kappa shape index (κ3) is 3.42. The van der Waals surface area contributed by atoms with E-state index in [9.17, 15) is 5.11 Å². The first kappa shape index (κ1) is 16.9. The van der Waals surface area contributed by atoms with Crippen LogP contribution in [0.3, 0.4) is 0 Å². The van der Waals surface area contributed by atoms with Crippen LogP contribution in [0.5, 0.6) is 5.75 Å². The zero-order valence-electron chi connectivity index (χ0n) is 14.8. The molecule has 7 nitrogen and oxygen atoms in total. The standard InChI is InChI=1S/C17H26N6O/c1-17(2,3)23-16(18-19-20-23)15(13-5-7-14(24)8-6-13)22-11-9-21(4)10-12-22/h5-8,15,24H,9-12H2,1-4H3/t15-/m1/s1. The van der Waals surface area contributed by atoms with E-state index in [1.807, 2.05) is 16.8 Å². The predicted molar refractivity (Wildman–Crippen MR) is 91.8 cm³/mol. The molecule has 2 aromatic rings. The first-order chi connectivity index (χ1) is 11.4. The molecule has 0 amide bonds. The van der Waals surface area contributed by atoms with Crippen LogP contribution in [0.25, 0.3) is 0 Å². The minimum atomic E-state index is -0.194. The summed E-state index contributed by atoms with van der Waals surface area (Å²) in [4.78, 5) is 4.75. The molecule has 0 aliphatic carbocycles. The van der Waals surface area contributed by atoms with Crippen molar-refractivity contribution in [1.29, 1.82) is 0 Å². The number of benzene rings is 1. The van der Waals surface area contributed by atoms with Crippen molar-refractivity contribution in [3.8, 4) is 5.75 Å². The van der Waals surface area contributed by atoms with E-state index in [0.717, 1.165) is 37.6 Å². The summed E-state index contributed by atoms with van der Waals surface area (Å²) in [6.45, 7) is 10.3. The number of phenolic OH excluding ortho intramolecular Hbond substituents is 1. The maximum atomic E-state index is 9.63. The summed E-state index contributed by atoms with van der Waals surface area (Å²) < 4.78 is 1.91. The van der Waals surface area contributed by atoms with E-state index in [4.69, 9.17) is 0 Å². The molecule has 0 spiro atoms. The van der Waals surface area contributed by atoms with Crippen LogP contribution in [0.1, 0.15) is 38.2 Å².